The highest BCUT2D eigenvalue weighted by Gasteiger charge is 2.59. The summed E-state index contributed by atoms with van der Waals surface area (Å²) in [6.07, 6.45) is 7.87. The molecule has 22 heavy (non-hydrogen) atoms. The summed E-state index contributed by atoms with van der Waals surface area (Å²) in [5.74, 6) is 1.18. The largest absolute Gasteiger partial charge is 0.376 e. The van der Waals surface area contributed by atoms with E-state index in [1.165, 1.54) is 6.42 Å². The third-order valence-corrected chi connectivity index (χ3v) is 5.94. The maximum Gasteiger partial charge on any atom is 0.325 e. The molecule has 4 aliphatic carbocycles. The number of nitrogens with two attached hydrogens (primary N) is 1. The molecule has 4 bridgehead atoms. The van der Waals surface area contributed by atoms with Crippen LogP contribution in [0.1, 0.15) is 44.1 Å². The molecule has 0 saturated heterocycles. The lowest BCUT2D eigenvalue weighted by Crippen LogP contribution is -2.65. The van der Waals surface area contributed by atoms with Gasteiger partial charge in [-0.1, -0.05) is 0 Å². The molecule has 7 heteroatoms. The Labute approximate surface area is 132 Å². The molecule has 4 atom stereocenters. The van der Waals surface area contributed by atoms with E-state index in [4.69, 9.17) is 18.0 Å². The van der Waals surface area contributed by atoms with E-state index in [-0.39, 0.29) is 16.5 Å². The fraction of sp³-hybridized carbons (Fsp3) is 0.667. The number of aromatic amines is 2. The van der Waals surface area contributed by atoms with E-state index in [0.29, 0.717) is 16.9 Å². The lowest BCUT2D eigenvalue weighted by Gasteiger charge is -2.62. The first-order valence-electron chi connectivity index (χ1n) is 7.80. The Bertz CT molecular complexity index is 738. The molecule has 0 amide bonds. The van der Waals surface area contributed by atoms with Crippen molar-refractivity contribution in [2.75, 3.05) is 0 Å². The van der Waals surface area contributed by atoms with Gasteiger partial charge in [-0.25, -0.2) is 4.79 Å². The van der Waals surface area contributed by atoms with Gasteiger partial charge in [0, 0.05) is 22.7 Å². The van der Waals surface area contributed by atoms with Gasteiger partial charge in [0.05, 0.1) is 0 Å². The first-order chi connectivity index (χ1) is 10.4. The van der Waals surface area contributed by atoms with Crippen molar-refractivity contribution in [2.45, 2.75) is 49.5 Å². The molecular weight excluding hydrogens is 300 g/mol. The van der Waals surface area contributed by atoms with Crippen molar-refractivity contribution >= 4 is 17.3 Å². The van der Waals surface area contributed by atoms with E-state index >= 15 is 0 Å². The van der Waals surface area contributed by atoms with Crippen molar-refractivity contribution in [3.05, 3.63) is 32.6 Å². The normalized spacial score (nSPS) is 38.9. The summed E-state index contributed by atoms with van der Waals surface area (Å²) >= 11 is 5.08. The molecule has 4 aliphatic rings. The predicted octanol–water partition coefficient (Wildman–Crippen LogP) is 0.487. The zero-order valence-electron chi connectivity index (χ0n) is 12.3. The van der Waals surface area contributed by atoms with Crippen LogP contribution in [0.2, 0.25) is 0 Å². The number of hydrogen-bond acceptors (Lipinski definition) is 3. The Morgan fingerprint density at radius 1 is 1.27 bits per heavy atom. The van der Waals surface area contributed by atoms with Crippen molar-refractivity contribution in [2.24, 2.45) is 17.6 Å². The Morgan fingerprint density at radius 3 is 2.55 bits per heavy atom. The van der Waals surface area contributed by atoms with Crippen LogP contribution in [0.4, 0.5) is 0 Å². The summed E-state index contributed by atoms with van der Waals surface area (Å²) in [6, 6.07) is 0. The molecule has 1 heterocycles. The third kappa shape index (κ3) is 2.02. The number of thiocarbonyl (C=S) groups is 1. The number of rotatable bonds is 2. The Balaban J connectivity index is 1.80. The summed E-state index contributed by atoms with van der Waals surface area (Å²) in [5.41, 5.74) is 5.51. The Hall–Kier alpha value is -1.63. The van der Waals surface area contributed by atoms with Gasteiger partial charge in [-0.05, 0) is 62.6 Å². The second kappa shape index (κ2) is 4.44. The molecule has 0 aromatic carbocycles. The van der Waals surface area contributed by atoms with Crippen LogP contribution in [0.5, 0.6) is 0 Å². The Kier molecular flexibility index (Phi) is 2.82. The maximum absolute atomic E-state index is 12.3. The molecule has 1 aromatic rings. The van der Waals surface area contributed by atoms with Crippen molar-refractivity contribution in [3.8, 4) is 0 Å². The van der Waals surface area contributed by atoms with Crippen LogP contribution < -0.4 is 22.3 Å². The maximum atomic E-state index is 12.3. The molecule has 2 unspecified atom stereocenters. The SMILES string of the molecule is NC(=S)NC12C[C@H]3C[C@@H](C1)CC(c1c[nH]c(=O)[nH]c1=O)(C3)C2. The van der Waals surface area contributed by atoms with E-state index < -0.39 is 5.69 Å². The van der Waals surface area contributed by atoms with E-state index in [1.54, 1.807) is 6.20 Å². The molecule has 5 rings (SSSR count). The van der Waals surface area contributed by atoms with Crippen molar-refractivity contribution in [1.82, 2.24) is 15.3 Å². The van der Waals surface area contributed by atoms with Crippen molar-refractivity contribution < 1.29 is 0 Å². The van der Waals surface area contributed by atoms with Gasteiger partial charge in [0.1, 0.15) is 0 Å². The molecule has 6 nitrogen and oxygen atoms in total. The molecule has 118 valence electrons. The van der Waals surface area contributed by atoms with Gasteiger partial charge in [0.2, 0.25) is 0 Å². The van der Waals surface area contributed by atoms with Crippen LogP contribution in [-0.4, -0.2) is 20.6 Å². The number of aromatic nitrogens is 2. The highest BCUT2D eigenvalue weighted by Crippen LogP contribution is 2.61. The first kappa shape index (κ1) is 14.0. The Morgan fingerprint density at radius 2 is 1.95 bits per heavy atom. The van der Waals surface area contributed by atoms with Crippen LogP contribution in [-0.2, 0) is 5.41 Å². The second-order valence-corrected chi connectivity index (χ2v) is 7.94. The lowest BCUT2D eigenvalue weighted by atomic mass is 9.45. The number of nitrogens with one attached hydrogen (secondary N) is 3. The van der Waals surface area contributed by atoms with Gasteiger partial charge in [-0.3, -0.25) is 9.78 Å². The average molecular weight is 320 g/mol. The first-order valence-corrected chi connectivity index (χ1v) is 8.21. The summed E-state index contributed by atoms with van der Waals surface area (Å²) in [5, 5.41) is 3.68. The van der Waals surface area contributed by atoms with E-state index in [9.17, 15) is 9.59 Å². The minimum atomic E-state index is -0.450. The van der Waals surface area contributed by atoms with Crippen LogP contribution in [0.25, 0.3) is 0 Å². The van der Waals surface area contributed by atoms with E-state index in [2.05, 4.69) is 15.3 Å². The highest BCUT2D eigenvalue weighted by molar-refractivity contribution is 7.80. The molecule has 4 saturated carbocycles. The summed E-state index contributed by atoms with van der Waals surface area (Å²) < 4.78 is 0. The zero-order valence-corrected chi connectivity index (χ0v) is 13.1. The van der Waals surface area contributed by atoms with Gasteiger partial charge in [0.25, 0.3) is 5.56 Å². The van der Waals surface area contributed by atoms with Crippen LogP contribution in [0, 0.1) is 11.8 Å². The molecule has 1 aromatic heterocycles. The smallest absolute Gasteiger partial charge is 0.325 e. The summed E-state index contributed by atoms with van der Waals surface area (Å²) in [7, 11) is 0. The minimum absolute atomic E-state index is 0.0848. The zero-order chi connectivity index (χ0) is 15.5. The summed E-state index contributed by atoms with van der Waals surface area (Å²) in [4.78, 5) is 28.7. The van der Waals surface area contributed by atoms with Crippen molar-refractivity contribution in [1.29, 1.82) is 0 Å². The molecule has 0 radical (unpaired) electrons. The van der Waals surface area contributed by atoms with E-state index in [0.717, 1.165) is 37.7 Å². The van der Waals surface area contributed by atoms with Gasteiger partial charge in [0.15, 0.2) is 5.11 Å². The highest BCUT2D eigenvalue weighted by atomic mass is 32.1. The average Bonchev–Trinajstić information content (AvgIpc) is 2.34. The van der Waals surface area contributed by atoms with E-state index in [1.807, 2.05) is 0 Å². The summed E-state index contributed by atoms with van der Waals surface area (Å²) in [6.45, 7) is 0. The molecular formula is C15H20N4O2S. The van der Waals surface area contributed by atoms with Crippen LogP contribution >= 0.6 is 12.2 Å². The molecule has 5 N–H and O–H groups in total. The fourth-order valence-corrected chi connectivity index (χ4v) is 6.01. The minimum Gasteiger partial charge on any atom is -0.376 e. The second-order valence-electron chi connectivity index (χ2n) is 7.50. The molecule has 0 spiro atoms. The van der Waals surface area contributed by atoms with Gasteiger partial charge < -0.3 is 16.0 Å². The standard InChI is InChI=1S/C15H20N4O2S/c16-12(22)19-15-4-8-1-9(5-15)3-14(2-8,7-15)10-6-17-13(21)18-11(10)20/h6,8-9H,1-5,7H2,(H3,16,19,22)(H2,17,18,20,21)/t8-,9+,14?,15?. The number of H-pyrrole nitrogens is 2. The van der Waals surface area contributed by atoms with Gasteiger partial charge in [-0.2, -0.15) is 0 Å². The topological polar surface area (TPSA) is 104 Å². The quantitative estimate of drug-likeness (QED) is 0.594. The molecule has 0 aliphatic heterocycles. The fourth-order valence-electron chi connectivity index (χ4n) is 5.79. The van der Waals surface area contributed by atoms with Gasteiger partial charge >= 0.3 is 5.69 Å². The monoisotopic (exact) mass is 320 g/mol. The van der Waals surface area contributed by atoms with Gasteiger partial charge in [-0.15, -0.1) is 0 Å². The van der Waals surface area contributed by atoms with Crippen molar-refractivity contribution in [3.63, 3.8) is 0 Å². The molecule has 4 fully saturated rings. The third-order valence-electron chi connectivity index (χ3n) is 5.84. The van der Waals surface area contributed by atoms with Crippen LogP contribution in [0.15, 0.2) is 15.8 Å². The van der Waals surface area contributed by atoms with Crippen LogP contribution in [0.3, 0.4) is 0 Å². The number of hydrogen-bond donors (Lipinski definition) is 4. The predicted molar refractivity (Wildman–Crippen MR) is 86.7 cm³/mol. The lowest BCUT2D eigenvalue weighted by molar-refractivity contribution is -0.0327.